The quantitative estimate of drug-likeness (QED) is 0.756. The van der Waals surface area contributed by atoms with E-state index in [1.54, 1.807) is 4.90 Å². The fourth-order valence-corrected chi connectivity index (χ4v) is 2.04. The molecular weight excluding hydrogens is 248 g/mol. The van der Waals surface area contributed by atoms with Gasteiger partial charge in [-0.1, -0.05) is 21.1 Å². The summed E-state index contributed by atoms with van der Waals surface area (Å²) < 4.78 is 4.94. The lowest BCUT2D eigenvalue weighted by atomic mass is 10.3. The van der Waals surface area contributed by atoms with E-state index in [0.717, 1.165) is 24.4 Å². The van der Waals surface area contributed by atoms with Gasteiger partial charge in [-0.05, 0) is 13.3 Å². The lowest BCUT2D eigenvalue weighted by Gasteiger charge is -2.12. The smallest absolute Gasteiger partial charge is 0.236 e. The first-order valence-corrected chi connectivity index (χ1v) is 5.43. The molecule has 4 nitrogen and oxygen atoms in total. The molecule has 14 heavy (non-hydrogen) atoms. The van der Waals surface area contributed by atoms with Gasteiger partial charge in [0.05, 0.1) is 11.4 Å². The molecule has 0 aromatic carbocycles. The fourth-order valence-electron chi connectivity index (χ4n) is 1.55. The van der Waals surface area contributed by atoms with Gasteiger partial charge in [-0.25, -0.2) is 0 Å². The second kappa shape index (κ2) is 3.73. The predicted molar refractivity (Wildman–Crippen MR) is 54.0 cm³/mol. The van der Waals surface area contributed by atoms with Crippen LogP contribution >= 0.6 is 15.9 Å². The second-order valence-electron chi connectivity index (χ2n) is 3.44. The molecule has 1 amide bonds. The Morgan fingerprint density at radius 1 is 1.79 bits per heavy atom. The molecule has 1 aromatic heterocycles. The van der Waals surface area contributed by atoms with Crippen LogP contribution in [0.25, 0.3) is 0 Å². The van der Waals surface area contributed by atoms with Crippen molar-refractivity contribution in [2.75, 3.05) is 6.54 Å². The summed E-state index contributed by atoms with van der Waals surface area (Å²) in [5, 5.41) is 3.85. The summed E-state index contributed by atoms with van der Waals surface area (Å²) in [6.07, 6.45) is 0.871. The van der Waals surface area contributed by atoms with E-state index in [4.69, 9.17) is 4.52 Å². The Bertz CT molecular complexity index is 350. The Balaban J connectivity index is 2.02. The van der Waals surface area contributed by atoms with E-state index in [9.17, 15) is 4.79 Å². The monoisotopic (exact) mass is 258 g/mol. The van der Waals surface area contributed by atoms with Gasteiger partial charge in [-0.2, -0.15) is 0 Å². The number of rotatable bonds is 2. The van der Waals surface area contributed by atoms with Crippen molar-refractivity contribution < 1.29 is 9.32 Å². The molecule has 1 saturated heterocycles. The predicted octanol–water partition coefficient (Wildman–Crippen LogP) is 1.48. The van der Waals surface area contributed by atoms with Crippen molar-refractivity contribution in [3.8, 4) is 0 Å². The Morgan fingerprint density at radius 2 is 2.57 bits per heavy atom. The highest BCUT2D eigenvalue weighted by Gasteiger charge is 2.29. The zero-order chi connectivity index (χ0) is 10.1. The average Bonchev–Trinajstić information content (AvgIpc) is 2.67. The minimum atomic E-state index is -0.0181. The van der Waals surface area contributed by atoms with Gasteiger partial charge in [-0.3, -0.25) is 4.79 Å². The van der Waals surface area contributed by atoms with E-state index >= 15 is 0 Å². The number of amides is 1. The molecule has 0 spiro atoms. The van der Waals surface area contributed by atoms with Crippen LogP contribution in [0.3, 0.4) is 0 Å². The minimum Gasteiger partial charge on any atom is -0.361 e. The number of hydrogen-bond acceptors (Lipinski definition) is 3. The van der Waals surface area contributed by atoms with Crippen LogP contribution in [0.5, 0.6) is 0 Å². The molecule has 0 radical (unpaired) electrons. The van der Waals surface area contributed by atoms with Crippen molar-refractivity contribution >= 4 is 21.8 Å². The maximum absolute atomic E-state index is 11.5. The van der Waals surface area contributed by atoms with Crippen LogP contribution in [0.15, 0.2) is 10.6 Å². The number of carbonyl (C=O) groups is 1. The molecule has 0 aliphatic carbocycles. The van der Waals surface area contributed by atoms with Crippen molar-refractivity contribution in [3.63, 3.8) is 0 Å². The molecule has 1 fully saturated rings. The minimum absolute atomic E-state index is 0.0181. The van der Waals surface area contributed by atoms with Crippen molar-refractivity contribution in [3.05, 3.63) is 17.5 Å². The van der Waals surface area contributed by atoms with Crippen molar-refractivity contribution in [1.82, 2.24) is 10.1 Å². The number of halogens is 1. The molecular formula is C9H11BrN2O2. The molecule has 2 rings (SSSR count). The molecule has 0 bridgehead atoms. The number of alkyl halides is 1. The van der Waals surface area contributed by atoms with E-state index in [1.165, 1.54) is 0 Å². The molecule has 1 aliphatic rings. The topological polar surface area (TPSA) is 46.3 Å². The van der Waals surface area contributed by atoms with Gasteiger partial charge in [0.1, 0.15) is 11.5 Å². The van der Waals surface area contributed by atoms with E-state index in [-0.39, 0.29) is 10.7 Å². The Kier molecular flexibility index (Phi) is 2.58. The van der Waals surface area contributed by atoms with E-state index in [1.807, 2.05) is 13.0 Å². The summed E-state index contributed by atoms with van der Waals surface area (Å²) in [6.45, 7) is 3.19. The zero-order valence-corrected chi connectivity index (χ0v) is 9.45. The molecule has 0 N–H and O–H groups in total. The van der Waals surface area contributed by atoms with Crippen LogP contribution in [-0.2, 0) is 11.3 Å². The molecule has 1 aromatic rings. The maximum atomic E-state index is 11.5. The van der Waals surface area contributed by atoms with E-state index in [0.29, 0.717) is 6.54 Å². The SMILES string of the molecule is Cc1cc(CN2CCC(Br)C2=O)no1. The van der Waals surface area contributed by atoms with Crippen molar-refractivity contribution in [1.29, 1.82) is 0 Å². The van der Waals surface area contributed by atoms with Gasteiger partial charge >= 0.3 is 0 Å². The number of aromatic nitrogens is 1. The van der Waals surface area contributed by atoms with Gasteiger partial charge in [0, 0.05) is 12.6 Å². The highest BCUT2D eigenvalue weighted by atomic mass is 79.9. The van der Waals surface area contributed by atoms with Crippen molar-refractivity contribution in [2.45, 2.75) is 24.7 Å². The Labute approximate surface area is 90.4 Å². The van der Waals surface area contributed by atoms with Gasteiger partial charge in [0.15, 0.2) is 0 Å². The van der Waals surface area contributed by atoms with Crippen LogP contribution in [0.4, 0.5) is 0 Å². The first kappa shape index (κ1) is 9.71. The van der Waals surface area contributed by atoms with Crippen LogP contribution < -0.4 is 0 Å². The highest BCUT2D eigenvalue weighted by Crippen LogP contribution is 2.20. The summed E-state index contributed by atoms with van der Waals surface area (Å²) in [5.41, 5.74) is 0.817. The Morgan fingerprint density at radius 3 is 3.07 bits per heavy atom. The molecule has 1 unspecified atom stereocenters. The summed E-state index contributed by atoms with van der Waals surface area (Å²) >= 11 is 3.33. The molecule has 1 atom stereocenters. The normalized spacial score (nSPS) is 22.0. The zero-order valence-electron chi connectivity index (χ0n) is 7.86. The molecule has 2 heterocycles. The number of likely N-dealkylation sites (tertiary alicyclic amines) is 1. The third-order valence-electron chi connectivity index (χ3n) is 2.26. The van der Waals surface area contributed by atoms with Crippen LogP contribution in [0.2, 0.25) is 0 Å². The fraction of sp³-hybridized carbons (Fsp3) is 0.556. The summed E-state index contributed by atoms with van der Waals surface area (Å²) in [6, 6.07) is 1.86. The highest BCUT2D eigenvalue weighted by molar-refractivity contribution is 9.10. The third kappa shape index (κ3) is 1.82. The number of hydrogen-bond donors (Lipinski definition) is 0. The van der Waals surface area contributed by atoms with Crippen LogP contribution in [-0.4, -0.2) is 27.3 Å². The lowest BCUT2D eigenvalue weighted by molar-refractivity contribution is -0.127. The number of carbonyl (C=O) groups excluding carboxylic acids is 1. The molecule has 1 aliphatic heterocycles. The lowest BCUT2D eigenvalue weighted by Crippen LogP contribution is -2.27. The molecule has 5 heteroatoms. The summed E-state index contributed by atoms with van der Waals surface area (Å²) in [4.78, 5) is 13.3. The second-order valence-corrected chi connectivity index (χ2v) is 4.55. The maximum Gasteiger partial charge on any atom is 0.236 e. The third-order valence-corrected chi connectivity index (χ3v) is 3.11. The van der Waals surface area contributed by atoms with Gasteiger partial charge < -0.3 is 9.42 Å². The van der Waals surface area contributed by atoms with Crippen molar-refractivity contribution in [2.24, 2.45) is 0 Å². The average molecular weight is 259 g/mol. The first-order valence-electron chi connectivity index (χ1n) is 4.52. The largest absolute Gasteiger partial charge is 0.361 e. The van der Waals surface area contributed by atoms with E-state index < -0.39 is 0 Å². The van der Waals surface area contributed by atoms with Crippen LogP contribution in [0.1, 0.15) is 17.9 Å². The summed E-state index contributed by atoms with van der Waals surface area (Å²) in [7, 11) is 0. The van der Waals surface area contributed by atoms with E-state index in [2.05, 4.69) is 21.1 Å². The number of aryl methyl sites for hydroxylation is 1. The standard InChI is InChI=1S/C9H11BrN2O2/c1-6-4-7(11-14-6)5-12-3-2-8(10)9(12)13/h4,8H,2-3,5H2,1H3. The van der Waals surface area contributed by atoms with Crippen LogP contribution in [0, 0.1) is 6.92 Å². The van der Waals surface area contributed by atoms with Gasteiger partial charge in [0.2, 0.25) is 5.91 Å². The Hall–Kier alpha value is -0.840. The summed E-state index contributed by atoms with van der Waals surface area (Å²) in [5.74, 6) is 0.924. The van der Waals surface area contributed by atoms with Gasteiger partial charge in [-0.15, -0.1) is 0 Å². The number of nitrogens with zero attached hydrogens (tertiary/aromatic N) is 2. The molecule has 0 saturated carbocycles. The molecule has 76 valence electrons. The van der Waals surface area contributed by atoms with Gasteiger partial charge in [0.25, 0.3) is 0 Å². The first-order chi connectivity index (χ1) is 6.66.